The fraction of sp³-hybridized carbons (Fsp3) is 0.647. The predicted molar refractivity (Wildman–Crippen MR) is 88.4 cm³/mol. The molecule has 1 heterocycles. The normalized spacial score (nSPS) is 25.8. The van der Waals surface area contributed by atoms with Crippen LogP contribution in [0.2, 0.25) is 0 Å². The maximum absolute atomic E-state index is 6.09. The quantitative estimate of drug-likeness (QED) is 0.849. The summed E-state index contributed by atoms with van der Waals surface area (Å²) in [6.07, 6.45) is 6.99. The van der Waals surface area contributed by atoms with E-state index in [0.29, 0.717) is 6.54 Å². The number of rotatable bonds is 4. The van der Waals surface area contributed by atoms with Gasteiger partial charge in [-0.2, -0.15) is 0 Å². The molecule has 2 aliphatic rings. The zero-order valence-electron chi connectivity index (χ0n) is 12.5. The number of anilines is 1. The van der Waals surface area contributed by atoms with E-state index in [2.05, 4.69) is 30.0 Å². The van der Waals surface area contributed by atoms with Crippen molar-refractivity contribution in [1.82, 2.24) is 0 Å². The van der Waals surface area contributed by atoms with Gasteiger partial charge in [-0.3, -0.25) is 0 Å². The van der Waals surface area contributed by atoms with Crippen LogP contribution in [-0.4, -0.2) is 18.3 Å². The van der Waals surface area contributed by atoms with Gasteiger partial charge in [-0.25, -0.2) is 0 Å². The fourth-order valence-corrected chi connectivity index (χ4v) is 4.92. The number of hydrogen-bond donors (Lipinski definition) is 1. The molecule has 3 rings (SSSR count). The van der Waals surface area contributed by atoms with Crippen molar-refractivity contribution >= 4 is 17.4 Å². The maximum atomic E-state index is 6.09. The highest BCUT2D eigenvalue weighted by Crippen LogP contribution is 2.41. The van der Waals surface area contributed by atoms with Gasteiger partial charge in [-0.05, 0) is 49.5 Å². The van der Waals surface area contributed by atoms with Crippen LogP contribution in [0.15, 0.2) is 23.1 Å². The monoisotopic (exact) mass is 290 g/mol. The van der Waals surface area contributed by atoms with Gasteiger partial charge in [0.05, 0.1) is 0 Å². The molecule has 110 valence electrons. The Morgan fingerprint density at radius 1 is 1.25 bits per heavy atom. The average Bonchev–Trinajstić information content (AvgIpc) is 2.95. The largest absolute Gasteiger partial charge is 0.368 e. The third-order valence-electron chi connectivity index (χ3n) is 4.91. The minimum Gasteiger partial charge on any atom is -0.368 e. The van der Waals surface area contributed by atoms with Crippen molar-refractivity contribution in [2.75, 3.05) is 17.2 Å². The topological polar surface area (TPSA) is 29.3 Å². The second-order valence-electron chi connectivity index (χ2n) is 5.98. The number of thioether (sulfide) groups is 1. The molecule has 1 aliphatic heterocycles. The molecule has 0 aromatic heterocycles. The van der Waals surface area contributed by atoms with Gasteiger partial charge in [0.1, 0.15) is 0 Å². The molecule has 1 aromatic carbocycles. The molecular weight excluding hydrogens is 264 g/mol. The van der Waals surface area contributed by atoms with Gasteiger partial charge in [0.15, 0.2) is 0 Å². The third-order valence-corrected chi connectivity index (χ3v) is 5.90. The van der Waals surface area contributed by atoms with E-state index in [1.165, 1.54) is 54.8 Å². The van der Waals surface area contributed by atoms with E-state index >= 15 is 0 Å². The molecule has 1 aromatic rings. The van der Waals surface area contributed by atoms with Gasteiger partial charge in [-0.15, -0.1) is 11.8 Å². The highest BCUT2D eigenvalue weighted by atomic mass is 32.2. The standard InChI is InChI=1S/C17H26N2S/c1-2-20-17-10-4-9-16(14(17)12-18)19-11-5-7-13-6-3-8-15(13)19/h4,9-10,13,15H,2-3,5-8,11-12,18H2,1H3. The minimum atomic E-state index is 0.659. The van der Waals surface area contributed by atoms with Gasteiger partial charge in [-0.1, -0.05) is 19.4 Å². The van der Waals surface area contributed by atoms with Gasteiger partial charge in [0, 0.05) is 35.3 Å². The van der Waals surface area contributed by atoms with Crippen molar-refractivity contribution < 1.29 is 0 Å². The molecule has 2 unspecified atom stereocenters. The van der Waals surface area contributed by atoms with Crippen LogP contribution in [0.25, 0.3) is 0 Å². The van der Waals surface area contributed by atoms with Crippen molar-refractivity contribution in [2.24, 2.45) is 11.7 Å². The Bertz CT molecular complexity index is 460. The summed E-state index contributed by atoms with van der Waals surface area (Å²) >= 11 is 1.92. The first-order chi connectivity index (χ1) is 9.85. The fourth-order valence-electron chi connectivity index (χ4n) is 4.07. The number of piperidine rings is 1. The Morgan fingerprint density at radius 3 is 2.90 bits per heavy atom. The number of nitrogens with two attached hydrogens (primary N) is 1. The summed E-state index contributed by atoms with van der Waals surface area (Å²) < 4.78 is 0. The molecule has 1 aliphatic carbocycles. The van der Waals surface area contributed by atoms with Gasteiger partial charge in [0.25, 0.3) is 0 Å². The molecule has 0 amide bonds. The van der Waals surface area contributed by atoms with Gasteiger partial charge < -0.3 is 10.6 Å². The van der Waals surface area contributed by atoms with Crippen LogP contribution in [0, 0.1) is 5.92 Å². The molecule has 1 saturated heterocycles. The maximum Gasteiger partial charge on any atom is 0.0425 e. The molecule has 2 nitrogen and oxygen atoms in total. The van der Waals surface area contributed by atoms with Crippen LogP contribution in [-0.2, 0) is 6.54 Å². The first-order valence-electron chi connectivity index (χ1n) is 8.06. The molecule has 0 spiro atoms. The minimum absolute atomic E-state index is 0.659. The van der Waals surface area contributed by atoms with Crippen molar-refractivity contribution in [2.45, 2.75) is 56.5 Å². The van der Waals surface area contributed by atoms with Crippen molar-refractivity contribution in [1.29, 1.82) is 0 Å². The lowest BCUT2D eigenvalue weighted by Crippen LogP contribution is -2.43. The molecule has 0 bridgehead atoms. The van der Waals surface area contributed by atoms with E-state index in [4.69, 9.17) is 5.73 Å². The molecular formula is C17H26N2S. The summed E-state index contributed by atoms with van der Waals surface area (Å²) in [5.74, 6) is 2.04. The molecule has 2 fully saturated rings. The molecule has 1 saturated carbocycles. The average molecular weight is 290 g/mol. The zero-order valence-corrected chi connectivity index (χ0v) is 13.3. The van der Waals surface area contributed by atoms with Crippen LogP contribution >= 0.6 is 11.8 Å². The van der Waals surface area contributed by atoms with E-state index in [1.54, 1.807) is 0 Å². The van der Waals surface area contributed by atoms with Crippen LogP contribution in [0.1, 0.15) is 44.6 Å². The second kappa shape index (κ2) is 6.40. The van der Waals surface area contributed by atoms with E-state index in [1.807, 2.05) is 11.8 Å². The highest BCUT2D eigenvalue weighted by Gasteiger charge is 2.35. The first kappa shape index (κ1) is 14.3. The summed E-state index contributed by atoms with van der Waals surface area (Å²) in [4.78, 5) is 4.07. The smallest absolute Gasteiger partial charge is 0.0425 e. The summed E-state index contributed by atoms with van der Waals surface area (Å²) in [5.41, 5.74) is 8.87. The molecule has 3 heteroatoms. The second-order valence-corrected chi connectivity index (χ2v) is 7.29. The SMILES string of the molecule is CCSc1cccc(N2CCCC3CCCC32)c1CN. The van der Waals surface area contributed by atoms with Crippen molar-refractivity contribution in [3.63, 3.8) is 0 Å². The van der Waals surface area contributed by atoms with Crippen molar-refractivity contribution in [3.8, 4) is 0 Å². The van der Waals surface area contributed by atoms with Crippen LogP contribution in [0.3, 0.4) is 0 Å². The first-order valence-corrected chi connectivity index (χ1v) is 9.05. The van der Waals surface area contributed by atoms with Gasteiger partial charge >= 0.3 is 0 Å². The summed E-state index contributed by atoms with van der Waals surface area (Å²) in [5, 5.41) is 0. The Balaban J connectivity index is 1.94. The molecule has 2 atom stereocenters. The Morgan fingerprint density at radius 2 is 2.10 bits per heavy atom. The zero-order chi connectivity index (χ0) is 13.9. The predicted octanol–water partition coefficient (Wildman–Crippen LogP) is 4.03. The van der Waals surface area contributed by atoms with E-state index < -0.39 is 0 Å². The Kier molecular flexibility index (Phi) is 4.57. The van der Waals surface area contributed by atoms with Crippen LogP contribution in [0.4, 0.5) is 5.69 Å². The van der Waals surface area contributed by atoms with Crippen LogP contribution < -0.4 is 10.6 Å². The molecule has 20 heavy (non-hydrogen) atoms. The lowest BCUT2D eigenvalue weighted by molar-refractivity contribution is 0.362. The Hall–Kier alpha value is -0.670. The number of nitrogens with zero attached hydrogens (tertiary/aromatic N) is 1. The number of benzene rings is 1. The van der Waals surface area contributed by atoms with E-state index in [0.717, 1.165) is 17.7 Å². The van der Waals surface area contributed by atoms with Gasteiger partial charge in [0.2, 0.25) is 0 Å². The van der Waals surface area contributed by atoms with E-state index in [9.17, 15) is 0 Å². The summed E-state index contributed by atoms with van der Waals surface area (Å²) in [7, 11) is 0. The Labute approximate surface area is 127 Å². The number of fused-ring (bicyclic) bond motifs is 1. The number of hydrogen-bond acceptors (Lipinski definition) is 3. The van der Waals surface area contributed by atoms with Crippen molar-refractivity contribution in [3.05, 3.63) is 23.8 Å². The molecule has 0 radical (unpaired) electrons. The summed E-state index contributed by atoms with van der Waals surface area (Å²) in [6.45, 7) is 4.09. The van der Waals surface area contributed by atoms with E-state index in [-0.39, 0.29) is 0 Å². The highest BCUT2D eigenvalue weighted by molar-refractivity contribution is 7.99. The lowest BCUT2D eigenvalue weighted by Gasteiger charge is -2.40. The lowest BCUT2D eigenvalue weighted by atomic mass is 9.91. The third kappa shape index (κ3) is 2.58. The van der Waals surface area contributed by atoms with Crippen LogP contribution in [0.5, 0.6) is 0 Å². The summed E-state index contributed by atoms with van der Waals surface area (Å²) in [6, 6.07) is 7.51. The molecule has 2 N–H and O–H groups in total.